The first-order chi connectivity index (χ1) is 10.6. The van der Waals surface area contributed by atoms with Crippen LogP contribution in [0.3, 0.4) is 0 Å². The fourth-order valence-electron chi connectivity index (χ4n) is 1.68. The van der Waals surface area contributed by atoms with Gasteiger partial charge in [-0.1, -0.05) is 18.2 Å². The average Bonchev–Trinajstić information content (AvgIpc) is 2.52. The summed E-state index contributed by atoms with van der Waals surface area (Å²) < 4.78 is 17.8. The summed E-state index contributed by atoms with van der Waals surface area (Å²) in [6.45, 7) is -0.495. The van der Waals surface area contributed by atoms with E-state index < -0.39 is 24.3 Å². The highest BCUT2D eigenvalue weighted by Crippen LogP contribution is 2.09. The second-order valence-electron chi connectivity index (χ2n) is 4.37. The number of ether oxygens (including phenoxy) is 1. The van der Waals surface area contributed by atoms with Gasteiger partial charge < -0.3 is 10.1 Å². The number of amides is 1. The molecule has 0 unspecified atom stereocenters. The van der Waals surface area contributed by atoms with Gasteiger partial charge in [-0.2, -0.15) is 0 Å². The van der Waals surface area contributed by atoms with Crippen LogP contribution < -0.4 is 5.32 Å². The molecule has 0 aliphatic rings. The highest BCUT2D eigenvalue weighted by Gasteiger charge is 2.10. The third kappa shape index (κ3) is 4.24. The zero-order valence-electron chi connectivity index (χ0n) is 11.4. The smallest absolute Gasteiger partial charge is 0.338 e. The normalized spacial score (nSPS) is 9.86. The highest BCUT2D eigenvalue weighted by atomic mass is 19.1. The number of rotatable bonds is 5. The van der Waals surface area contributed by atoms with Crippen molar-refractivity contribution >= 4 is 23.9 Å². The Morgan fingerprint density at radius 1 is 1.14 bits per heavy atom. The zero-order chi connectivity index (χ0) is 15.9. The molecule has 0 saturated carbocycles. The molecule has 2 aromatic carbocycles. The predicted molar refractivity (Wildman–Crippen MR) is 77.1 cm³/mol. The minimum atomic E-state index is -0.688. The highest BCUT2D eigenvalue weighted by molar-refractivity contribution is 5.95. The number of carbonyl (C=O) groups is 3. The van der Waals surface area contributed by atoms with E-state index in [1.165, 1.54) is 42.5 Å². The molecule has 0 saturated heterocycles. The molecule has 1 N–H and O–H groups in total. The fourth-order valence-corrected chi connectivity index (χ4v) is 1.68. The Morgan fingerprint density at radius 3 is 2.50 bits per heavy atom. The monoisotopic (exact) mass is 301 g/mol. The van der Waals surface area contributed by atoms with Crippen LogP contribution in [0.2, 0.25) is 0 Å². The van der Waals surface area contributed by atoms with Gasteiger partial charge in [0.05, 0.1) is 5.56 Å². The van der Waals surface area contributed by atoms with Gasteiger partial charge in [-0.25, -0.2) is 9.18 Å². The quantitative estimate of drug-likeness (QED) is 0.680. The number of anilines is 1. The number of esters is 1. The van der Waals surface area contributed by atoms with Crippen molar-refractivity contribution in [3.8, 4) is 0 Å². The van der Waals surface area contributed by atoms with Gasteiger partial charge in [-0.05, 0) is 30.3 Å². The number of hydrogen-bond acceptors (Lipinski definition) is 4. The van der Waals surface area contributed by atoms with Crippen LogP contribution >= 0.6 is 0 Å². The van der Waals surface area contributed by atoms with Gasteiger partial charge in [0, 0.05) is 11.3 Å². The molecule has 0 aromatic heterocycles. The van der Waals surface area contributed by atoms with E-state index >= 15 is 0 Å². The van der Waals surface area contributed by atoms with E-state index in [9.17, 15) is 18.8 Å². The van der Waals surface area contributed by atoms with Crippen molar-refractivity contribution in [1.29, 1.82) is 0 Å². The molecule has 2 aromatic rings. The molecule has 0 bridgehead atoms. The van der Waals surface area contributed by atoms with E-state index in [0.29, 0.717) is 11.8 Å². The molecule has 22 heavy (non-hydrogen) atoms. The van der Waals surface area contributed by atoms with Crippen molar-refractivity contribution in [2.45, 2.75) is 0 Å². The summed E-state index contributed by atoms with van der Waals surface area (Å²) in [6.07, 6.45) is 0.654. The average molecular weight is 301 g/mol. The summed E-state index contributed by atoms with van der Waals surface area (Å²) in [5.41, 5.74) is 0.931. The van der Waals surface area contributed by atoms with Gasteiger partial charge >= 0.3 is 5.97 Å². The molecule has 112 valence electrons. The lowest BCUT2D eigenvalue weighted by molar-refractivity contribution is -0.119. The second kappa shape index (κ2) is 7.12. The number of aldehydes is 1. The van der Waals surface area contributed by atoms with Crippen molar-refractivity contribution in [3.05, 3.63) is 65.5 Å². The molecule has 0 aliphatic carbocycles. The SMILES string of the molecule is O=Cc1ccc(C(=O)OCC(=O)Nc2cccc(F)c2)cc1. The lowest BCUT2D eigenvalue weighted by Crippen LogP contribution is -2.21. The molecule has 0 heterocycles. The van der Waals surface area contributed by atoms with Crippen LogP contribution in [0.4, 0.5) is 10.1 Å². The zero-order valence-corrected chi connectivity index (χ0v) is 11.4. The third-order valence-electron chi connectivity index (χ3n) is 2.73. The van der Waals surface area contributed by atoms with Gasteiger partial charge in [0.25, 0.3) is 5.91 Å². The number of benzene rings is 2. The first kappa shape index (κ1) is 15.4. The van der Waals surface area contributed by atoms with Crippen molar-refractivity contribution in [2.24, 2.45) is 0 Å². The minimum Gasteiger partial charge on any atom is -0.452 e. The fraction of sp³-hybridized carbons (Fsp3) is 0.0625. The van der Waals surface area contributed by atoms with Crippen molar-refractivity contribution in [3.63, 3.8) is 0 Å². The number of hydrogen-bond donors (Lipinski definition) is 1. The van der Waals surface area contributed by atoms with E-state index in [0.717, 1.165) is 6.07 Å². The summed E-state index contributed by atoms with van der Waals surface area (Å²) in [5, 5.41) is 2.41. The molecule has 2 rings (SSSR count). The molecule has 0 fully saturated rings. The van der Waals surface area contributed by atoms with E-state index in [1.807, 2.05) is 0 Å². The maximum Gasteiger partial charge on any atom is 0.338 e. The Labute approximate surface area is 125 Å². The Bertz CT molecular complexity index is 698. The van der Waals surface area contributed by atoms with Gasteiger partial charge in [0.15, 0.2) is 6.61 Å². The molecule has 0 atom stereocenters. The maximum atomic E-state index is 13.0. The summed E-state index contributed by atoms with van der Waals surface area (Å²) in [7, 11) is 0. The predicted octanol–water partition coefficient (Wildman–Crippen LogP) is 2.43. The van der Waals surface area contributed by atoms with E-state index in [1.54, 1.807) is 0 Å². The van der Waals surface area contributed by atoms with Crippen molar-refractivity contribution in [1.82, 2.24) is 0 Å². The third-order valence-corrected chi connectivity index (χ3v) is 2.73. The molecule has 1 amide bonds. The van der Waals surface area contributed by atoms with Crippen LogP contribution in [0, 0.1) is 5.82 Å². The standard InChI is InChI=1S/C16H12FNO4/c17-13-2-1-3-14(8-13)18-15(20)10-22-16(21)12-6-4-11(9-19)5-7-12/h1-9H,10H2,(H,18,20). The molecular weight excluding hydrogens is 289 g/mol. The van der Waals surface area contributed by atoms with E-state index in [2.05, 4.69) is 5.32 Å². The molecule has 5 nitrogen and oxygen atoms in total. The van der Waals surface area contributed by atoms with Gasteiger partial charge in [0.1, 0.15) is 12.1 Å². The molecule has 0 spiro atoms. The molecular formula is C16H12FNO4. The van der Waals surface area contributed by atoms with Crippen molar-refractivity contribution in [2.75, 3.05) is 11.9 Å². The Morgan fingerprint density at radius 2 is 1.86 bits per heavy atom. The van der Waals surface area contributed by atoms with E-state index in [4.69, 9.17) is 4.74 Å². The first-order valence-electron chi connectivity index (χ1n) is 6.36. The topological polar surface area (TPSA) is 72.5 Å². The van der Waals surface area contributed by atoms with Crippen LogP contribution in [0.15, 0.2) is 48.5 Å². The summed E-state index contributed by atoms with van der Waals surface area (Å²) in [5.74, 6) is -1.75. The Balaban J connectivity index is 1.87. The number of nitrogens with one attached hydrogen (secondary N) is 1. The van der Waals surface area contributed by atoms with Crippen LogP contribution in [-0.4, -0.2) is 24.8 Å². The lowest BCUT2D eigenvalue weighted by Gasteiger charge is -2.06. The Kier molecular flexibility index (Phi) is 4.98. The van der Waals surface area contributed by atoms with Crippen LogP contribution in [-0.2, 0) is 9.53 Å². The first-order valence-corrected chi connectivity index (χ1v) is 6.36. The minimum absolute atomic E-state index is 0.226. The summed E-state index contributed by atoms with van der Waals surface area (Å²) in [6, 6.07) is 11.2. The van der Waals surface area contributed by atoms with Crippen molar-refractivity contribution < 1.29 is 23.5 Å². The molecule has 0 aliphatic heterocycles. The molecule has 0 radical (unpaired) electrons. The summed E-state index contributed by atoms with van der Waals surface area (Å²) in [4.78, 5) is 33.8. The second-order valence-corrected chi connectivity index (χ2v) is 4.37. The summed E-state index contributed by atoms with van der Waals surface area (Å²) >= 11 is 0. The van der Waals surface area contributed by atoms with Gasteiger partial charge in [0.2, 0.25) is 0 Å². The number of carbonyl (C=O) groups excluding carboxylic acids is 3. The van der Waals surface area contributed by atoms with Crippen LogP contribution in [0.5, 0.6) is 0 Å². The van der Waals surface area contributed by atoms with E-state index in [-0.39, 0.29) is 11.3 Å². The van der Waals surface area contributed by atoms with Crippen LogP contribution in [0.25, 0.3) is 0 Å². The van der Waals surface area contributed by atoms with Gasteiger partial charge in [-0.15, -0.1) is 0 Å². The van der Waals surface area contributed by atoms with Crippen LogP contribution in [0.1, 0.15) is 20.7 Å². The largest absolute Gasteiger partial charge is 0.452 e. The number of halogens is 1. The van der Waals surface area contributed by atoms with Gasteiger partial charge in [-0.3, -0.25) is 9.59 Å². The Hall–Kier alpha value is -3.02. The molecule has 6 heteroatoms. The maximum absolute atomic E-state index is 13.0. The lowest BCUT2D eigenvalue weighted by atomic mass is 10.1.